The summed E-state index contributed by atoms with van der Waals surface area (Å²) < 4.78 is 59.8. The van der Waals surface area contributed by atoms with Crippen molar-refractivity contribution in [3.05, 3.63) is 46.4 Å². The number of amides is 1. The van der Waals surface area contributed by atoms with Gasteiger partial charge in [0.2, 0.25) is 0 Å². The van der Waals surface area contributed by atoms with Crippen LogP contribution < -0.4 is 14.4 Å². The lowest BCUT2D eigenvalue weighted by atomic mass is 10.1. The van der Waals surface area contributed by atoms with E-state index < -0.39 is 27.8 Å². The molecule has 0 aromatic heterocycles. The van der Waals surface area contributed by atoms with Gasteiger partial charge in [0.15, 0.2) is 17.7 Å². The van der Waals surface area contributed by atoms with Gasteiger partial charge in [-0.25, -0.2) is 17.2 Å². The molecular weight excluding hydrogens is 446 g/mol. The smallest absolute Gasteiger partial charge is 0.267 e. The Morgan fingerprint density at radius 1 is 1.22 bits per heavy atom. The van der Waals surface area contributed by atoms with Crippen LogP contribution in [-0.4, -0.2) is 27.5 Å². The molecule has 2 aromatic carbocycles. The summed E-state index contributed by atoms with van der Waals surface area (Å²) in [6.07, 6.45) is -0.285. The van der Waals surface area contributed by atoms with Gasteiger partial charge in [0.25, 0.3) is 15.9 Å². The monoisotopic (exact) mass is 460 g/mol. The van der Waals surface area contributed by atoms with Crippen LogP contribution in [0.4, 0.5) is 20.2 Å². The van der Waals surface area contributed by atoms with E-state index in [1.807, 2.05) is 0 Å². The third kappa shape index (κ3) is 3.63. The molecule has 1 heterocycles. The van der Waals surface area contributed by atoms with Crippen molar-refractivity contribution in [2.24, 2.45) is 0 Å². The van der Waals surface area contributed by atoms with Crippen molar-refractivity contribution in [3.8, 4) is 5.75 Å². The molecule has 0 saturated carbocycles. The van der Waals surface area contributed by atoms with Gasteiger partial charge < -0.3 is 9.64 Å². The van der Waals surface area contributed by atoms with Crippen LogP contribution in [0.2, 0.25) is 0 Å². The largest absolute Gasteiger partial charge is 0.478 e. The second kappa shape index (κ2) is 7.08. The van der Waals surface area contributed by atoms with Crippen LogP contribution in [0.1, 0.15) is 13.3 Å². The van der Waals surface area contributed by atoms with Gasteiger partial charge in [0.1, 0.15) is 10.6 Å². The molecule has 1 aliphatic heterocycles. The van der Waals surface area contributed by atoms with Crippen molar-refractivity contribution in [2.45, 2.75) is 24.3 Å². The number of hydrogen-bond acceptors (Lipinski definition) is 4. The zero-order valence-corrected chi connectivity index (χ0v) is 16.7. The van der Waals surface area contributed by atoms with E-state index in [-0.39, 0.29) is 26.7 Å². The quantitative estimate of drug-likeness (QED) is 0.755. The molecule has 1 amide bonds. The van der Waals surface area contributed by atoms with Gasteiger partial charge in [-0.05, 0) is 40.5 Å². The van der Waals surface area contributed by atoms with Crippen LogP contribution in [0.5, 0.6) is 5.75 Å². The lowest BCUT2D eigenvalue weighted by molar-refractivity contribution is -0.126. The molecule has 0 saturated heterocycles. The molecule has 0 radical (unpaired) electrons. The standard InChI is InChI=1S/C17H15BrF2N2O4S/c1-3-14-17(23)22(2)13-7-10(18)16(8-15(13)26-14)27(24,25)21-9-4-5-11(19)12(20)6-9/h4-8,14,21H,3H2,1-2H3. The van der Waals surface area contributed by atoms with E-state index in [9.17, 15) is 22.0 Å². The Balaban J connectivity index is 2.01. The highest BCUT2D eigenvalue weighted by molar-refractivity contribution is 9.10. The van der Waals surface area contributed by atoms with Crippen LogP contribution in [0.3, 0.4) is 0 Å². The molecule has 0 bridgehead atoms. The number of hydrogen-bond donors (Lipinski definition) is 1. The SMILES string of the molecule is CCC1Oc2cc(S(=O)(=O)Nc3ccc(F)c(F)c3)c(Br)cc2N(C)C1=O. The average molecular weight is 461 g/mol. The number of anilines is 2. The van der Waals surface area contributed by atoms with Gasteiger partial charge >= 0.3 is 0 Å². The molecule has 0 fully saturated rings. The van der Waals surface area contributed by atoms with Crippen LogP contribution in [0, 0.1) is 11.6 Å². The van der Waals surface area contributed by atoms with Gasteiger partial charge in [0.05, 0.1) is 11.4 Å². The molecule has 27 heavy (non-hydrogen) atoms. The van der Waals surface area contributed by atoms with Crippen LogP contribution >= 0.6 is 15.9 Å². The number of nitrogens with zero attached hydrogens (tertiary/aromatic N) is 1. The molecular formula is C17H15BrF2N2O4S. The van der Waals surface area contributed by atoms with Gasteiger partial charge in [0, 0.05) is 23.7 Å². The summed E-state index contributed by atoms with van der Waals surface area (Å²) in [6.45, 7) is 1.78. The summed E-state index contributed by atoms with van der Waals surface area (Å²) in [5, 5.41) is 0. The predicted octanol–water partition coefficient (Wildman–Crippen LogP) is 3.66. The molecule has 6 nitrogen and oxygen atoms in total. The van der Waals surface area contributed by atoms with Crippen molar-refractivity contribution in [3.63, 3.8) is 0 Å². The Morgan fingerprint density at radius 3 is 2.56 bits per heavy atom. The number of benzene rings is 2. The number of carbonyl (C=O) groups excluding carboxylic acids is 1. The van der Waals surface area contributed by atoms with Crippen LogP contribution in [0.25, 0.3) is 0 Å². The minimum atomic E-state index is -4.13. The summed E-state index contributed by atoms with van der Waals surface area (Å²) in [4.78, 5) is 13.4. The fourth-order valence-electron chi connectivity index (χ4n) is 2.65. The third-order valence-corrected chi connectivity index (χ3v) is 6.42. The molecule has 1 N–H and O–H groups in total. The number of halogens is 3. The van der Waals surface area contributed by atoms with Crippen LogP contribution in [0.15, 0.2) is 39.7 Å². The first-order valence-electron chi connectivity index (χ1n) is 7.89. The minimum absolute atomic E-state index is 0.127. The Labute approximate surface area is 163 Å². The molecule has 3 rings (SSSR count). The maximum atomic E-state index is 13.3. The molecule has 0 spiro atoms. The van der Waals surface area contributed by atoms with E-state index in [2.05, 4.69) is 20.7 Å². The van der Waals surface area contributed by atoms with E-state index >= 15 is 0 Å². The molecule has 2 aromatic rings. The molecule has 1 aliphatic rings. The first kappa shape index (κ1) is 19.6. The molecule has 10 heteroatoms. The zero-order chi connectivity index (χ0) is 19.9. The number of likely N-dealkylation sites (N-methyl/N-ethyl adjacent to an activating group) is 1. The van der Waals surface area contributed by atoms with Crippen molar-refractivity contribution >= 4 is 43.2 Å². The van der Waals surface area contributed by atoms with Crippen molar-refractivity contribution < 1.29 is 26.7 Å². The lowest BCUT2D eigenvalue weighted by Gasteiger charge is -2.32. The zero-order valence-electron chi connectivity index (χ0n) is 14.3. The van der Waals surface area contributed by atoms with Crippen molar-refractivity contribution in [1.29, 1.82) is 0 Å². The maximum Gasteiger partial charge on any atom is 0.267 e. The second-order valence-corrected chi connectivity index (χ2v) is 8.40. The topological polar surface area (TPSA) is 75.7 Å². The lowest BCUT2D eigenvalue weighted by Crippen LogP contribution is -2.43. The molecule has 0 aliphatic carbocycles. The summed E-state index contributed by atoms with van der Waals surface area (Å²) in [5.41, 5.74) is 0.293. The highest BCUT2D eigenvalue weighted by Crippen LogP contribution is 2.40. The van der Waals surface area contributed by atoms with E-state index in [1.54, 1.807) is 14.0 Å². The highest BCUT2D eigenvalue weighted by Gasteiger charge is 2.33. The average Bonchev–Trinajstić information content (AvgIpc) is 2.61. The summed E-state index contributed by atoms with van der Waals surface area (Å²) in [6, 6.07) is 5.42. The number of rotatable bonds is 4. The summed E-state index contributed by atoms with van der Waals surface area (Å²) >= 11 is 3.18. The normalized spacial score (nSPS) is 16.7. The van der Waals surface area contributed by atoms with Crippen molar-refractivity contribution in [2.75, 3.05) is 16.7 Å². The second-order valence-electron chi connectivity index (χ2n) is 5.90. The third-order valence-electron chi connectivity index (χ3n) is 4.08. The maximum absolute atomic E-state index is 13.3. The fourth-order valence-corrected chi connectivity index (χ4v) is 4.75. The number of ether oxygens (including phenoxy) is 1. The van der Waals surface area contributed by atoms with Crippen LogP contribution in [-0.2, 0) is 14.8 Å². The Hall–Kier alpha value is -2.20. The van der Waals surface area contributed by atoms with Gasteiger partial charge in [-0.15, -0.1) is 0 Å². The number of sulfonamides is 1. The van der Waals surface area contributed by atoms with E-state index in [0.29, 0.717) is 12.1 Å². The van der Waals surface area contributed by atoms with Gasteiger partial charge in [-0.2, -0.15) is 0 Å². The number of nitrogens with one attached hydrogen (secondary N) is 1. The Bertz CT molecular complexity index is 1030. The van der Waals surface area contributed by atoms with Crippen molar-refractivity contribution in [1.82, 2.24) is 0 Å². The van der Waals surface area contributed by atoms with Gasteiger partial charge in [-0.1, -0.05) is 6.92 Å². The number of fused-ring (bicyclic) bond motifs is 1. The Morgan fingerprint density at radius 2 is 1.93 bits per heavy atom. The Kier molecular flexibility index (Phi) is 5.13. The highest BCUT2D eigenvalue weighted by atomic mass is 79.9. The van der Waals surface area contributed by atoms with Gasteiger partial charge in [-0.3, -0.25) is 9.52 Å². The molecule has 1 unspecified atom stereocenters. The fraction of sp³-hybridized carbons (Fsp3) is 0.235. The van der Waals surface area contributed by atoms with E-state index in [0.717, 1.165) is 18.2 Å². The molecule has 1 atom stereocenters. The molecule has 144 valence electrons. The summed E-state index contributed by atoms with van der Waals surface area (Å²) in [5.74, 6) is -2.25. The predicted molar refractivity (Wildman–Crippen MR) is 99.4 cm³/mol. The van der Waals surface area contributed by atoms with E-state index in [4.69, 9.17) is 4.74 Å². The first-order chi connectivity index (χ1) is 12.6. The number of carbonyl (C=O) groups is 1. The summed E-state index contributed by atoms with van der Waals surface area (Å²) in [7, 11) is -2.56. The van der Waals surface area contributed by atoms with E-state index in [1.165, 1.54) is 17.0 Å². The minimum Gasteiger partial charge on any atom is -0.478 e. The first-order valence-corrected chi connectivity index (χ1v) is 10.2.